The third kappa shape index (κ3) is 2.06. The van der Waals surface area contributed by atoms with Gasteiger partial charge in [0.05, 0.1) is 19.4 Å². The van der Waals surface area contributed by atoms with Crippen molar-refractivity contribution in [3.8, 4) is 5.75 Å². The highest BCUT2D eigenvalue weighted by Gasteiger charge is 2.17. The van der Waals surface area contributed by atoms with Crippen LogP contribution in [0.5, 0.6) is 5.75 Å². The Hall–Kier alpha value is -1.75. The van der Waals surface area contributed by atoms with Gasteiger partial charge in [-0.25, -0.2) is 4.79 Å². The van der Waals surface area contributed by atoms with Gasteiger partial charge in [-0.3, -0.25) is 0 Å². The van der Waals surface area contributed by atoms with Crippen LogP contribution in [-0.2, 0) is 4.74 Å². The second-order valence-corrected chi connectivity index (χ2v) is 4.48. The molecule has 90 valence electrons. The van der Waals surface area contributed by atoms with Crippen LogP contribution in [0.15, 0.2) is 18.2 Å². The lowest BCUT2D eigenvalue weighted by molar-refractivity contribution is 0.0533. The first-order valence-corrected chi connectivity index (χ1v) is 6.02. The quantitative estimate of drug-likeness (QED) is 0.852. The van der Waals surface area contributed by atoms with E-state index in [1.165, 1.54) is 11.3 Å². The van der Waals surface area contributed by atoms with Gasteiger partial charge in [-0.15, -0.1) is 11.3 Å². The van der Waals surface area contributed by atoms with Crippen molar-refractivity contribution in [3.05, 3.63) is 23.1 Å². The van der Waals surface area contributed by atoms with Crippen LogP contribution in [0.4, 0.5) is 5.69 Å². The minimum absolute atomic E-state index is 0.343. The molecular formula is C12H13NO3S. The SMILES string of the molecule is CCOC(=O)c1sc2cc(OC)ccc2c1N. The predicted octanol–water partition coefficient (Wildman–Crippen LogP) is 2.67. The molecule has 1 aromatic heterocycles. The molecule has 0 aliphatic carbocycles. The number of anilines is 1. The number of carbonyl (C=O) groups excluding carboxylic acids is 1. The van der Waals surface area contributed by atoms with Crippen molar-refractivity contribution in [1.82, 2.24) is 0 Å². The first-order chi connectivity index (χ1) is 8.17. The lowest BCUT2D eigenvalue weighted by Gasteiger charge is -1.99. The molecule has 0 atom stereocenters. The summed E-state index contributed by atoms with van der Waals surface area (Å²) in [5.74, 6) is 0.374. The summed E-state index contributed by atoms with van der Waals surface area (Å²) < 4.78 is 11.0. The highest BCUT2D eigenvalue weighted by molar-refractivity contribution is 7.21. The largest absolute Gasteiger partial charge is 0.497 e. The van der Waals surface area contributed by atoms with Crippen molar-refractivity contribution >= 4 is 33.1 Å². The average Bonchev–Trinajstić information content (AvgIpc) is 2.66. The zero-order valence-electron chi connectivity index (χ0n) is 9.65. The summed E-state index contributed by atoms with van der Waals surface area (Å²) in [6.07, 6.45) is 0. The molecule has 2 rings (SSSR count). The Balaban J connectivity index is 2.52. The minimum Gasteiger partial charge on any atom is -0.497 e. The van der Waals surface area contributed by atoms with Crippen LogP contribution >= 0.6 is 11.3 Å². The van der Waals surface area contributed by atoms with Crippen LogP contribution in [0.1, 0.15) is 16.6 Å². The molecule has 0 amide bonds. The summed E-state index contributed by atoms with van der Waals surface area (Å²) in [6, 6.07) is 5.53. The summed E-state index contributed by atoms with van der Waals surface area (Å²) in [6.45, 7) is 2.11. The molecule has 0 unspecified atom stereocenters. The average molecular weight is 251 g/mol. The van der Waals surface area contributed by atoms with Crippen molar-refractivity contribution in [1.29, 1.82) is 0 Å². The molecule has 0 saturated carbocycles. The number of carbonyl (C=O) groups is 1. The number of fused-ring (bicyclic) bond motifs is 1. The van der Waals surface area contributed by atoms with Gasteiger partial charge in [0, 0.05) is 10.1 Å². The van der Waals surface area contributed by atoms with Crippen molar-refractivity contribution in [2.75, 3.05) is 19.5 Å². The molecule has 0 aliphatic heterocycles. The summed E-state index contributed by atoms with van der Waals surface area (Å²) >= 11 is 1.32. The highest BCUT2D eigenvalue weighted by Crippen LogP contribution is 2.36. The number of rotatable bonds is 3. The topological polar surface area (TPSA) is 61.5 Å². The fraction of sp³-hybridized carbons (Fsp3) is 0.250. The molecule has 0 bridgehead atoms. The molecule has 0 spiro atoms. The van der Waals surface area contributed by atoms with Crippen LogP contribution in [0, 0.1) is 0 Å². The normalized spacial score (nSPS) is 10.5. The molecule has 0 saturated heterocycles. The van der Waals surface area contributed by atoms with E-state index in [0.29, 0.717) is 17.2 Å². The first kappa shape index (κ1) is 11.7. The maximum Gasteiger partial charge on any atom is 0.350 e. The van der Waals surface area contributed by atoms with Gasteiger partial charge >= 0.3 is 5.97 Å². The maximum atomic E-state index is 11.7. The van der Waals surface area contributed by atoms with E-state index in [9.17, 15) is 4.79 Å². The molecule has 4 nitrogen and oxygen atoms in total. The lowest BCUT2D eigenvalue weighted by atomic mass is 10.2. The number of esters is 1. The number of nitrogens with two attached hydrogens (primary N) is 1. The number of benzene rings is 1. The van der Waals surface area contributed by atoms with Gasteiger partial charge in [0.1, 0.15) is 10.6 Å². The molecule has 0 radical (unpaired) electrons. The second kappa shape index (κ2) is 4.63. The molecule has 0 fully saturated rings. The van der Waals surface area contributed by atoms with Crippen LogP contribution in [0.3, 0.4) is 0 Å². The smallest absolute Gasteiger partial charge is 0.350 e. The molecule has 17 heavy (non-hydrogen) atoms. The highest BCUT2D eigenvalue weighted by atomic mass is 32.1. The summed E-state index contributed by atoms with van der Waals surface area (Å²) in [5.41, 5.74) is 6.41. The Morgan fingerprint density at radius 2 is 2.24 bits per heavy atom. The molecule has 2 N–H and O–H groups in total. The van der Waals surface area contributed by atoms with Crippen molar-refractivity contribution < 1.29 is 14.3 Å². The van der Waals surface area contributed by atoms with Crippen LogP contribution in [-0.4, -0.2) is 19.7 Å². The Kier molecular flexibility index (Phi) is 3.19. The number of nitrogen functional groups attached to an aromatic ring is 1. The first-order valence-electron chi connectivity index (χ1n) is 5.20. The third-order valence-electron chi connectivity index (χ3n) is 2.40. The fourth-order valence-corrected chi connectivity index (χ4v) is 2.62. The molecule has 5 heteroatoms. The van der Waals surface area contributed by atoms with Gasteiger partial charge < -0.3 is 15.2 Å². The maximum absolute atomic E-state index is 11.7. The summed E-state index contributed by atoms with van der Waals surface area (Å²) in [7, 11) is 1.60. The van der Waals surface area contributed by atoms with Crippen LogP contribution in [0.25, 0.3) is 10.1 Å². The van der Waals surface area contributed by atoms with E-state index >= 15 is 0 Å². The monoisotopic (exact) mass is 251 g/mol. The number of ether oxygens (including phenoxy) is 2. The Bertz CT molecular complexity index is 562. The summed E-state index contributed by atoms with van der Waals surface area (Å²) in [5, 5.41) is 0.860. The Morgan fingerprint density at radius 3 is 2.88 bits per heavy atom. The lowest BCUT2D eigenvalue weighted by Crippen LogP contribution is -2.04. The Morgan fingerprint density at radius 1 is 1.47 bits per heavy atom. The van der Waals surface area contributed by atoms with Gasteiger partial charge in [-0.1, -0.05) is 0 Å². The van der Waals surface area contributed by atoms with Gasteiger partial charge in [0.25, 0.3) is 0 Å². The van der Waals surface area contributed by atoms with Crippen molar-refractivity contribution in [2.24, 2.45) is 0 Å². The van der Waals surface area contributed by atoms with Gasteiger partial charge in [-0.2, -0.15) is 0 Å². The van der Waals surface area contributed by atoms with E-state index in [2.05, 4.69) is 0 Å². The number of methoxy groups -OCH3 is 1. The van der Waals surface area contributed by atoms with E-state index in [1.807, 2.05) is 18.2 Å². The molecule has 0 aliphatic rings. The van der Waals surface area contributed by atoms with E-state index < -0.39 is 0 Å². The number of thiophene rings is 1. The minimum atomic E-state index is -0.370. The second-order valence-electron chi connectivity index (χ2n) is 3.43. The van der Waals surface area contributed by atoms with Crippen molar-refractivity contribution in [2.45, 2.75) is 6.92 Å². The fourth-order valence-electron chi connectivity index (χ4n) is 1.57. The van der Waals surface area contributed by atoms with Crippen molar-refractivity contribution in [3.63, 3.8) is 0 Å². The molecule has 1 heterocycles. The predicted molar refractivity (Wildman–Crippen MR) is 68.7 cm³/mol. The zero-order valence-corrected chi connectivity index (χ0v) is 10.5. The summed E-state index contributed by atoms with van der Waals surface area (Å²) in [4.78, 5) is 12.1. The van der Waals surface area contributed by atoms with E-state index in [-0.39, 0.29) is 5.97 Å². The van der Waals surface area contributed by atoms with Gasteiger partial charge in [0.15, 0.2) is 0 Å². The van der Waals surface area contributed by atoms with Crippen LogP contribution in [0.2, 0.25) is 0 Å². The Labute approximate surface area is 103 Å². The molecular weight excluding hydrogens is 238 g/mol. The van der Waals surface area contributed by atoms with Crippen LogP contribution < -0.4 is 10.5 Å². The number of hydrogen-bond acceptors (Lipinski definition) is 5. The third-order valence-corrected chi connectivity index (χ3v) is 3.54. The zero-order chi connectivity index (χ0) is 12.4. The molecule has 1 aromatic carbocycles. The van der Waals surface area contributed by atoms with Gasteiger partial charge in [-0.05, 0) is 25.1 Å². The standard InChI is InChI=1S/C12H13NO3S/c1-3-16-12(14)11-10(13)8-5-4-7(15-2)6-9(8)17-11/h4-6H,3,13H2,1-2H3. The molecule has 2 aromatic rings. The van der Waals surface area contributed by atoms with Gasteiger partial charge in [0.2, 0.25) is 0 Å². The van der Waals surface area contributed by atoms with E-state index in [4.69, 9.17) is 15.2 Å². The van der Waals surface area contributed by atoms with E-state index in [0.717, 1.165) is 15.8 Å². The number of hydrogen-bond donors (Lipinski definition) is 1. The van der Waals surface area contributed by atoms with E-state index in [1.54, 1.807) is 14.0 Å².